The summed E-state index contributed by atoms with van der Waals surface area (Å²) in [5, 5.41) is 14.5. The molecule has 216 valence electrons. The fourth-order valence-corrected chi connectivity index (χ4v) is 4.24. The van der Waals surface area contributed by atoms with Crippen LogP contribution in [0.5, 0.6) is 0 Å². The molecule has 0 aliphatic rings. The molecule has 40 heavy (non-hydrogen) atoms. The fraction of sp³-hybridized carbons (Fsp3) is 0.406. The number of esters is 1. The van der Waals surface area contributed by atoms with Gasteiger partial charge in [0.1, 0.15) is 6.61 Å². The van der Waals surface area contributed by atoms with Crippen molar-refractivity contribution in [2.75, 3.05) is 33.0 Å². The van der Waals surface area contributed by atoms with Crippen LogP contribution in [-0.2, 0) is 36.7 Å². The normalized spacial score (nSPS) is 12.9. The van der Waals surface area contributed by atoms with E-state index in [4.69, 9.17) is 14.6 Å². The van der Waals surface area contributed by atoms with Gasteiger partial charge in [-0.25, -0.2) is 0 Å². The molecule has 0 aliphatic heterocycles. The summed E-state index contributed by atoms with van der Waals surface area (Å²) in [6, 6.07) is 18.9. The van der Waals surface area contributed by atoms with E-state index in [9.17, 15) is 14.4 Å². The molecule has 2 rings (SSSR count). The highest BCUT2D eigenvalue weighted by atomic mass is 16.5. The summed E-state index contributed by atoms with van der Waals surface area (Å²) in [4.78, 5) is 38.8. The number of ether oxygens (including phenoxy) is 2. The molecule has 0 spiro atoms. The zero-order valence-corrected chi connectivity index (χ0v) is 23.1. The molecular formula is C32H42N2O6. The molecule has 3 N–H and O–H groups in total. The van der Waals surface area contributed by atoms with Gasteiger partial charge in [0.05, 0.1) is 37.7 Å². The SMILES string of the molecule is C=CC[C@H](CC(=O)NCCOCCO)C(=O)N[C@@H](COC(=O)[C@@H](CC=C)Cc1ccccc1)Cc1ccccc1. The molecule has 0 radical (unpaired) electrons. The zero-order chi connectivity index (χ0) is 29.0. The van der Waals surface area contributed by atoms with Crippen molar-refractivity contribution in [3.8, 4) is 0 Å². The maximum Gasteiger partial charge on any atom is 0.309 e. The van der Waals surface area contributed by atoms with Crippen LogP contribution in [0.25, 0.3) is 0 Å². The van der Waals surface area contributed by atoms with Gasteiger partial charge >= 0.3 is 5.97 Å². The van der Waals surface area contributed by atoms with Gasteiger partial charge in [0.15, 0.2) is 0 Å². The van der Waals surface area contributed by atoms with Crippen molar-refractivity contribution in [2.24, 2.45) is 11.8 Å². The van der Waals surface area contributed by atoms with Crippen LogP contribution in [0, 0.1) is 11.8 Å². The zero-order valence-electron chi connectivity index (χ0n) is 23.1. The molecule has 0 fully saturated rings. The van der Waals surface area contributed by atoms with Crippen molar-refractivity contribution in [3.63, 3.8) is 0 Å². The number of carbonyl (C=O) groups excluding carboxylic acids is 3. The highest BCUT2D eigenvalue weighted by Gasteiger charge is 2.26. The number of nitrogens with one attached hydrogen (secondary N) is 2. The Morgan fingerprint density at radius 2 is 1.45 bits per heavy atom. The van der Waals surface area contributed by atoms with E-state index < -0.39 is 12.0 Å². The van der Waals surface area contributed by atoms with E-state index in [-0.39, 0.29) is 63.1 Å². The van der Waals surface area contributed by atoms with Crippen LogP contribution in [0.4, 0.5) is 0 Å². The summed E-state index contributed by atoms with van der Waals surface area (Å²) < 4.78 is 10.9. The first-order valence-corrected chi connectivity index (χ1v) is 13.7. The largest absolute Gasteiger partial charge is 0.463 e. The average molecular weight is 551 g/mol. The molecule has 0 bridgehead atoms. The maximum absolute atomic E-state index is 13.3. The third-order valence-electron chi connectivity index (χ3n) is 6.27. The van der Waals surface area contributed by atoms with Gasteiger partial charge in [0, 0.05) is 13.0 Å². The Kier molecular flexibility index (Phi) is 15.7. The molecule has 2 aromatic carbocycles. The van der Waals surface area contributed by atoms with Crippen LogP contribution in [0.2, 0.25) is 0 Å². The van der Waals surface area contributed by atoms with Crippen LogP contribution >= 0.6 is 0 Å². The molecule has 2 amide bonds. The van der Waals surface area contributed by atoms with Crippen LogP contribution in [-0.4, -0.2) is 61.9 Å². The molecule has 0 saturated carbocycles. The molecule has 2 aromatic rings. The van der Waals surface area contributed by atoms with E-state index in [1.807, 2.05) is 60.7 Å². The Balaban J connectivity index is 2.03. The summed E-state index contributed by atoms with van der Waals surface area (Å²) >= 11 is 0. The number of hydrogen-bond acceptors (Lipinski definition) is 6. The average Bonchev–Trinajstić information content (AvgIpc) is 2.96. The summed E-state index contributed by atoms with van der Waals surface area (Å²) in [6.45, 7) is 8.18. The molecule has 0 aromatic heterocycles. The number of hydrogen-bond donors (Lipinski definition) is 3. The molecule has 0 heterocycles. The fourth-order valence-electron chi connectivity index (χ4n) is 4.24. The second kappa shape index (κ2) is 19.3. The minimum Gasteiger partial charge on any atom is -0.463 e. The molecule has 8 heteroatoms. The summed E-state index contributed by atoms with van der Waals surface area (Å²) in [7, 11) is 0. The number of allylic oxidation sites excluding steroid dienone is 2. The van der Waals surface area contributed by atoms with Gasteiger partial charge in [-0.2, -0.15) is 0 Å². The van der Waals surface area contributed by atoms with E-state index in [1.165, 1.54) is 0 Å². The van der Waals surface area contributed by atoms with Gasteiger partial charge in [-0.1, -0.05) is 72.8 Å². The highest BCUT2D eigenvalue weighted by molar-refractivity contribution is 5.86. The quantitative estimate of drug-likeness (QED) is 0.132. The number of benzene rings is 2. The number of carbonyl (C=O) groups is 3. The lowest BCUT2D eigenvalue weighted by Gasteiger charge is -2.23. The third-order valence-corrected chi connectivity index (χ3v) is 6.27. The van der Waals surface area contributed by atoms with E-state index in [0.29, 0.717) is 25.7 Å². The maximum atomic E-state index is 13.3. The summed E-state index contributed by atoms with van der Waals surface area (Å²) in [5.74, 6) is -1.95. The van der Waals surface area contributed by atoms with Crippen molar-refractivity contribution in [1.29, 1.82) is 0 Å². The lowest BCUT2D eigenvalue weighted by molar-refractivity contribution is -0.149. The van der Waals surface area contributed by atoms with E-state index in [2.05, 4.69) is 23.8 Å². The van der Waals surface area contributed by atoms with Crippen molar-refractivity contribution in [3.05, 3.63) is 97.1 Å². The van der Waals surface area contributed by atoms with E-state index >= 15 is 0 Å². The molecule has 3 atom stereocenters. The summed E-state index contributed by atoms with van der Waals surface area (Å²) in [6.07, 6.45) is 5.08. The van der Waals surface area contributed by atoms with Gasteiger partial charge in [0.25, 0.3) is 0 Å². The molecule has 0 aliphatic carbocycles. The topological polar surface area (TPSA) is 114 Å². The molecular weight excluding hydrogens is 508 g/mol. The Morgan fingerprint density at radius 3 is 2.05 bits per heavy atom. The number of aliphatic hydroxyl groups excluding tert-OH is 1. The van der Waals surface area contributed by atoms with E-state index in [0.717, 1.165) is 11.1 Å². The standard InChI is InChI=1S/C32H42N2O6/c1-3-11-27(23-30(36)33-17-19-39-20-18-35)31(37)34-29(22-26-15-9-6-10-16-26)24-40-32(38)28(12-4-2)21-25-13-7-5-8-14-25/h3-10,13-16,27-29,35H,1-2,11-12,17-24H2,(H,33,36)(H,34,37)/t27-,28+,29-/m1/s1. The van der Waals surface area contributed by atoms with Gasteiger partial charge in [-0.05, 0) is 36.8 Å². The van der Waals surface area contributed by atoms with Gasteiger partial charge in [-0.15, -0.1) is 13.2 Å². The van der Waals surface area contributed by atoms with Crippen molar-refractivity contribution < 1.29 is 29.0 Å². The van der Waals surface area contributed by atoms with Crippen molar-refractivity contribution >= 4 is 17.8 Å². The van der Waals surface area contributed by atoms with E-state index in [1.54, 1.807) is 12.2 Å². The molecule has 8 nitrogen and oxygen atoms in total. The minimum absolute atomic E-state index is 0.00288. The Labute approximate surface area is 237 Å². The Morgan fingerprint density at radius 1 is 0.850 bits per heavy atom. The number of rotatable bonds is 20. The van der Waals surface area contributed by atoms with Crippen LogP contribution < -0.4 is 10.6 Å². The first kappa shape index (κ1) is 32.5. The first-order valence-electron chi connectivity index (χ1n) is 13.7. The summed E-state index contributed by atoms with van der Waals surface area (Å²) in [5.41, 5.74) is 2.02. The monoisotopic (exact) mass is 550 g/mol. The lowest BCUT2D eigenvalue weighted by atomic mass is 9.96. The van der Waals surface area contributed by atoms with Gasteiger partial charge in [0.2, 0.25) is 11.8 Å². The highest BCUT2D eigenvalue weighted by Crippen LogP contribution is 2.16. The second-order valence-electron chi connectivity index (χ2n) is 9.55. The second-order valence-corrected chi connectivity index (χ2v) is 9.55. The minimum atomic E-state index is -0.628. The van der Waals surface area contributed by atoms with Crippen LogP contribution in [0.15, 0.2) is 86.0 Å². The van der Waals surface area contributed by atoms with Crippen LogP contribution in [0.3, 0.4) is 0 Å². The molecule has 0 saturated heterocycles. The lowest BCUT2D eigenvalue weighted by Crippen LogP contribution is -2.44. The number of amides is 2. The smallest absolute Gasteiger partial charge is 0.309 e. The Bertz CT molecular complexity index is 1040. The predicted octanol–water partition coefficient (Wildman–Crippen LogP) is 3.40. The molecule has 0 unspecified atom stereocenters. The van der Waals surface area contributed by atoms with Crippen LogP contribution in [0.1, 0.15) is 30.4 Å². The third kappa shape index (κ3) is 12.9. The van der Waals surface area contributed by atoms with Gasteiger partial charge < -0.3 is 25.2 Å². The number of aliphatic hydroxyl groups is 1. The predicted molar refractivity (Wildman–Crippen MR) is 155 cm³/mol. The van der Waals surface area contributed by atoms with Gasteiger partial charge in [-0.3, -0.25) is 14.4 Å². The van der Waals surface area contributed by atoms with Crippen molar-refractivity contribution in [1.82, 2.24) is 10.6 Å². The van der Waals surface area contributed by atoms with Crippen molar-refractivity contribution in [2.45, 2.75) is 38.1 Å². The first-order chi connectivity index (χ1) is 19.5. The Hall–Kier alpha value is -3.75.